The molecule has 3 rings (SSSR count). The molecule has 6 N–H and O–H groups in total. The van der Waals surface area contributed by atoms with Gasteiger partial charge in [0.2, 0.25) is 0 Å². The summed E-state index contributed by atoms with van der Waals surface area (Å²) in [5, 5.41) is 6.94. The van der Waals surface area contributed by atoms with E-state index in [0.29, 0.717) is 24.7 Å². The maximum absolute atomic E-state index is 14.7. The molecule has 9 nitrogen and oxygen atoms in total. The Morgan fingerprint density at radius 3 is 2.68 bits per heavy atom. The van der Waals surface area contributed by atoms with Gasteiger partial charge in [0.1, 0.15) is 18.2 Å². The van der Waals surface area contributed by atoms with E-state index in [-0.39, 0.29) is 29.3 Å². The molecule has 0 aliphatic heterocycles. The Bertz CT molecular complexity index is 1140. The molecule has 2 unspecified atom stereocenters. The molecule has 1 amide bonds. The van der Waals surface area contributed by atoms with Crippen molar-refractivity contribution in [1.82, 2.24) is 9.97 Å². The number of primary amides is 1. The van der Waals surface area contributed by atoms with Gasteiger partial charge < -0.3 is 31.6 Å². The molecule has 34 heavy (non-hydrogen) atoms. The average Bonchev–Trinajstić information content (AvgIpc) is 2.80. The number of nitrogens with zero attached hydrogens (tertiary/aromatic N) is 2. The van der Waals surface area contributed by atoms with E-state index in [4.69, 9.17) is 20.9 Å². The largest absolute Gasteiger partial charge is 0.491 e. The fourth-order valence-electron chi connectivity index (χ4n) is 3.47. The minimum Gasteiger partial charge on any atom is -0.491 e. The number of anilines is 3. The van der Waals surface area contributed by atoms with E-state index in [2.05, 4.69) is 20.6 Å². The van der Waals surface area contributed by atoms with Crippen LogP contribution in [0.3, 0.4) is 0 Å². The van der Waals surface area contributed by atoms with Gasteiger partial charge in [-0.3, -0.25) is 9.78 Å². The van der Waals surface area contributed by atoms with Gasteiger partial charge in [-0.1, -0.05) is 13.3 Å². The minimum absolute atomic E-state index is 0.00477. The molecule has 0 bridgehead atoms. The van der Waals surface area contributed by atoms with Gasteiger partial charge in [0.25, 0.3) is 5.91 Å². The first kappa shape index (κ1) is 25.1. The number of methoxy groups -OCH3 is 1. The highest BCUT2D eigenvalue weighted by atomic mass is 19.1. The predicted octanol–water partition coefficient (Wildman–Crippen LogP) is 3.56. The van der Waals surface area contributed by atoms with Crippen LogP contribution in [0.15, 0.2) is 36.5 Å². The number of rotatable bonds is 12. The highest BCUT2D eigenvalue weighted by molar-refractivity contribution is 5.99. The van der Waals surface area contributed by atoms with Crippen LogP contribution in [0.5, 0.6) is 5.75 Å². The molecule has 0 saturated heterocycles. The van der Waals surface area contributed by atoms with E-state index in [1.54, 1.807) is 13.3 Å². The van der Waals surface area contributed by atoms with Crippen molar-refractivity contribution in [2.75, 3.05) is 31.0 Å². The molecule has 3 aromatic rings. The Hall–Kier alpha value is -3.50. The highest BCUT2D eigenvalue weighted by Crippen LogP contribution is 2.27. The summed E-state index contributed by atoms with van der Waals surface area (Å²) in [6, 6.07) is 8.03. The lowest BCUT2D eigenvalue weighted by Gasteiger charge is -2.23. The number of amides is 1. The number of benzene rings is 1. The molecule has 182 valence electrons. The standard InChI is InChI=1S/C24H31FN6O3/c1-4-5-20(14(2)26)30-24-19(25)12-18(22(27)32)23(31-24)29-16-10-15-6-7-17(34-9-8-33-3)11-21(15)28-13-16/h6-7,10-14,20H,4-5,8-9,26H2,1-3H3,(H2,27,32)(H2,29,30,31). The molecule has 2 atom stereocenters. The van der Waals surface area contributed by atoms with Crippen molar-refractivity contribution in [3.8, 4) is 5.75 Å². The number of pyridine rings is 2. The lowest BCUT2D eigenvalue weighted by molar-refractivity contribution is 0.100. The van der Waals surface area contributed by atoms with Crippen molar-refractivity contribution in [2.24, 2.45) is 11.5 Å². The van der Waals surface area contributed by atoms with Gasteiger partial charge in [0, 0.05) is 30.6 Å². The van der Waals surface area contributed by atoms with Crippen molar-refractivity contribution >= 4 is 34.1 Å². The van der Waals surface area contributed by atoms with Crippen molar-refractivity contribution in [3.63, 3.8) is 0 Å². The highest BCUT2D eigenvalue weighted by Gasteiger charge is 2.20. The van der Waals surface area contributed by atoms with E-state index in [1.165, 1.54) is 0 Å². The van der Waals surface area contributed by atoms with Gasteiger partial charge in [-0.05, 0) is 37.6 Å². The second kappa shape index (κ2) is 11.6. The van der Waals surface area contributed by atoms with Crippen LogP contribution in [-0.4, -0.2) is 48.3 Å². The average molecular weight is 471 g/mol. The third kappa shape index (κ3) is 6.30. The predicted molar refractivity (Wildman–Crippen MR) is 131 cm³/mol. The summed E-state index contributed by atoms with van der Waals surface area (Å²) in [5.41, 5.74) is 12.7. The zero-order valence-electron chi connectivity index (χ0n) is 19.6. The summed E-state index contributed by atoms with van der Waals surface area (Å²) in [5.74, 6) is -0.685. The molecular formula is C24H31FN6O3. The topological polar surface area (TPSA) is 137 Å². The molecule has 0 aliphatic rings. The van der Waals surface area contributed by atoms with Gasteiger partial charge in [-0.25, -0.2) is 9.37 Å². The molecule has 0 fully saturated rings. The van der Waals surface area contributed by atoms with E-state index in [0.717, 1.165) is 29.8 Å². The van der Waals surface area contributed by atoms with Gasteiger partial charge in [0.15, 0.2) is 11.6 Å². The molecule has 1 aromatic carbocycles. The molecule has 2 aromatic heterocycles. The number of carbonyl (C=O) groups is 1. The van der Waals surface area contributed by atoms with Crippen LogP contribution in [0, 0.1) is 5.82 Å². The monoisotopic (exact) mass is 470 g/mol. The van der Waals surface area contributed by atoms with E-state index in [9.17, 15) is 9.18 Å². The van der Waals surface area contributed by atoms with Gasteiger partial charge in [-0.2, -0.15) is 0 Å². The Morgan fingerprint density at radius 1 is 1.21 bits per heavy atom. The Kier molecular flexibility index (Phi) is 8.55. The van der Waals surface area contributed by atoms with Gasteiger partial charge in [0.05, 0.1) is 29.6 Å². The second-order valence-electron chi connectivity index (χ2n) is 8.02. The molecule has 0 radical (unpaired) electrons. The summed E-state index contributed by atoms with van der Waals surface area (Å²) in [4.78, 5) is 20.7. The number of nitrogens with one attached hydrogen (secondary N) is 2. The number of fused-ring (bicyclic) bond motifs is 1. The maximum Gasteiger partial charge on any atom is 0.252 e. The van der Waals surface area contributed by atoms with Crippen LogP contribution in [0.25, 0.3) is 10.9 Å². The molecule has 2 heterocycles. The quantitative estimate of drug-likeness (QED) is 0.295. The van der Waals surface area contributed by atoms with Crippen molar-refractivity contribution in [3.05, 3.63) is 47.9 Å². The summed E-state index contributed by atoms with van der Waals surface area (Å²) >= 11 is 0. The number of carbonyl (C=O) groups excluding carboxylic acids is 1. The van der Waals surface area contributed by atoms with E-state index in [1.807, 2.05) is 38.1 Å². The van der Waals surface area contributed by atoms with Crippen LogP contribution in [-0.2, 0) is 4.74 Å². The Morgan fingerprint density at radius 2 is 2.00 bits per heavy atom. The number of hydrogen-bond donors (Lipinski definition) is 4. The van der Waals surface area contributed by atoms with Crippen molar-refractivity contribution in [1.29, 1.82) is 0 Å². The Labute approximate surface area is 198 Å². The summed E-state index contributed by atoms with van der Waals surface area (Å²) in [6.45, 7) is 4.79. The number of aromatic nitrogens is 2. The maximum atomic E-state index is 14.7. The smallest absolute Gasteiger partial charge is 0.252 e. The summed E-state index contributed by atoms with van der Waals surface area (Å²) in [7, 11) is 1.61. The molecule has 0 saturated carbocycles. The third-order valence-corrected chi connectivity index (χ3v) is 5.27. The normalized spacial score (nSPS) is 12.9. The first-order chi connectivity index (χ1) is 16.3. The lowest BCUT2D eigenvalue weighted by atomic mass is 10.1. The van der Waals surface area contributed by atoms with Crippen molar-refractivity contribution < 1.29 is 18.7 Å². The molecule has 0 spiro atoms. The number of nitrogens with two attached hydrogens (primary N) is 2. The van der Waals surface area contributed by atoms with Crippen LogP contribution in [0.1, 0.15) is 37.0 Å². The van der Waals surface area contributed by atoms with Crippen molar-refractivity contribution in [2.45, 2.75) is 38.8 Å². The molecular weight excluding hydrogens is 439 g/mol. The van der Waals surface area contributed by atoms with E-state index < -0.39 is 11.7 Å². The number of ether oxygens (including phenoxy) is 2. The van der Waals surface area contributed by atoms with Crippen LogP contribution in [0.4, 0.5) is 21.7 Å². The molecule has 0 aliphatic carbocycles. The zero-order valence-corrected chi connectivity index (χ0v) is 19.6. The third-order valence-electron chi connectivity index (χ3n) is 5.27. The van der Waals surface area contributed by atoms with Crippen LogP contribution in [0.2, 0.25) is 0 Å². The van der Waals surface area contributed by atoms with E-state index >= 15 is 0 Å². The second-order valence-corrected chi connectivity index (χ2v) is 8.02. The minimum atomic E-state index is -0.802. The molecule has 10 heteroatoms. The summed E-state index contributed by atoms with van der Waals surface area (Å²) in [6.07, 6.45) is 3.20. The SMILES string of the molecule is CCCC(Nc1nc(Nc2cnc3cc(OCCOC)ccc3c2)c(C(N)=O)cc1F)C(C)N. The van der Waals surface area contributed by atoms with Gasteiger partial charge >= 0.3 is 0 Å². The fraction of sp³-hybridized carbons (Fsp3) is 0.375. The summed E-state index contributed by atoms with van der Waals surface area (Å²) < 4.78 is 25.3. The number of halogens is 1. The van der Waals surface area contributed by atoms with Crippen LogP contribution >= 0.6 is 0 Å². The Balaban J connectivity index is 1.89. The zero-order chi connectivity index (χ0) is 24.7. The number of hydrogen-bond acceptors (Lipinski definition) is 8. The lowest BCUT2D eigenvalue weighted by Crippen LogP contribution is -2.38. The first-order valence-electron chi connectivity index (χ1n) is 11.1. The van der Waals surface area contributed by atoms with Gasteiger partial charge in [-0.15, -0.1) is 0 Å². The van der Waals surface area contributed by atoms with Crippen LogP contribution < -0.4 is 26.8 Å². The first-order valence-corrected chi connectivity index (χ1v) is 11.1. The fourth-order valence-corrected chi connectivity index (χ4v) is 3.47.